The molecule has 88 valence electrons. The minimum Gasteiger partial charge on any atom is -0.449 e. The molecule has 0 atom stereocenters. The summed E-state index contributed by atoms with van der Waals surface area (Å²) in [6, 6.07) is 4.86. The Labute approximate surface area is 99.7 Å². The van der Waals surface area contributed by atoms with Gasteiger partial charge in [-0.2, -0.15) is 0 Å². The second-order valence-electron chi connectivity index (χ2n) is 3.85. The molecule has 1 aromatic carbocycles. The molecule has 0 aliphatic rings. The Morgan fingerprint density at radius 2 is 2.25 bits per heavy atom. The highest BCUT2D eigenvalue weighted by atomic mass is 35.5. The molecule has 5 heteroatoms. The summed E-state index contributed by atoms with van der Waals surface area (Å²) < 4.78 is 4.95. The van der Waals surface area contributed by atoms with Crippen LogP contribution < -0.4 is 11.1 Å². The van der Waals surface area contributed by atoms with Gasteiger partial charge in [0.25, 0.3) is 0 Å². The number of carbonyl (C=O) groups excluding carboxylic acids is 1. The van der Waals surface area contributed by atoms with E-state index in [1.54, 1.807) is 18.2 Å². The Balaban J connectivity index is 2.59. The highest BCUT2D eigenvalue weighted by Crippen LogP contribution is 2.22. The van der Waals surface area contributed by atoms with Crippen molar-refractivity contribution in [3.63, 3.8) is 0 Å². The highest BCUT2D eigenvalue weighted by molar-refractivity contribution is 6.31. The first kappa shape index (κ1) is 12.6. The van der Waals surface area contributed by atoms with Gasteiger partial charge in [-0.05, 0) is 24.1 Å². The van der Waals surface area contributed by atoms with Gasteiger partial charge in [0, 0.05) is 5.02 Å². The first-order chi connectivity index (χ1) is 7.49. The van der Waals surface area contributed by atoms with Crippen LogP contribution in [0.25, 0.3) is 0 Å². The number of hydrogen-bond acceptors (Lipinski definition) is 3. The molecule has 1 aromatic rings. The van der Waals surface area contributed by atoms with Crippen LogP contribution in [-0.2, 0) is 4.74 Å². The molecule has 0 spiro atoms. The number of rotatable bonds is 3. The monoisotopic (exact) mass is 242 g/mol. The number of hydrogen-bond donors (Lipinski definition) is 2. The average molecular weight is 243 g/mol. The zero-order valence-corrected chi connectivity index (χ0v) is 10.0. The van der Waals surface area contributed by atoms with E-state index >= 15 is 0 Å². The normalized spacial score (nSPS) is 10.2. The Morgan fingerprint density at radius 1 is 1.56 bits per heavy atom. The van der Waals surface area contributed by atoms with E-state index in [1.807, 2.05) is 13.8 Å². The van der Waals surface area contributed by atoms with Crippen molar-refractivity contribution in [3.05, 3.63) is 23.2 Å². The summed E-state index contributed by atoms with van der Waals surface area (Å²) in [5, 5.41) is 3.04. The third-order valence-electron chi connectivity index (χ3n) is 1.80. The molecule has 4 nitrogen and oxygen atoms in total. The summed E-state index contributed by atoms with van der Waals surface area (Å²) in [6.07, 6.45) is -0.525. The fourth-order valence-corrected chi connectivity index (χ4v) is 1.20. The van der Waals surface area contributed by atoms with Crippen molar-refractivity contribution in [3.8, 4) is 0 Å². The van der Waals surface area contributed by atoms with E-state index in [0.717, 1.165) is 0 Å². The molecule has 0 fully saturated rings. The molecule has 0 saturated heterocycles. The van der Waals surface area contributed by atoms with Crippen LogP contribution in [0.1, 0.15) is 13.8 Å². The first-order valence-electron chi connectivity index (χ1n) is 4.98. The molecule has 0 aromatic heterocycles. The number of nitrogen functional groups attached to an aromatic ring is 1. The summed E-state index contributed by atoms with van der Waals surface area (Å²) >= 11 is 5.78. The van der Waals surface area contributed by atoms with E-state index in [0.29, 0.717) is 28.9 Å². The molecule has 0 saturated carbocycles. The largest absolute Gasteiger partial charge is 0.449 e. The average Bonchev–Trinajstić information content (AvgIpc) is 2.20. The van der Waals surface area contributed by atoms with E-state index in [2.05, 4.69) is 5.32 Å². The minimum absolute atomic E-state index is 0.294. The first-order valence-corrected chi connectivity index (χ1v) is 5.35. The van der Waals surface area contributed by atoms with Crippen LogP contribution in [0.15, 0.2) is 18.2 Å². The number of carbonyl (C=O) groups is 1. The summed E-state index contributed by atoms with van der Waals surface area (Å²) in [5.41, 5.74) is 6.57. The zero-order chi connectivity index (χ0) is 12.1. The van der Waals surface area contributed by atoms with Crippen molar-refractivity contribution >= 4 is 29.1 Å². The third kappa shape index (κ3) is 3.98. The molecule has 1 rings (SSSR count). The number of anilines is 2. The van der Waals surface area contributed by atoms with E-state index < -0.39 is 6.09 Å². The molecule has 0 unspecified atom stereocenters. The predicted molar refractivity (Wildman–Crippen MR) is 65.7 cm³/mol. The van der Waals surface area contributed by atoms with Gasteiger partial charge in [0.2, 0.25) is 0 Å². The molecule has 16 heavy (non-hydrogen) atoms. The molecule has 3 N–H and O–H groups in total. The van der Waals surface area contributed by atoms with Crippen molar-refractivity contribution in [2.24, 2.45) is 5.92 Å². The Hall–Kier alpha value is -1.42. The van der Waals surface area contributed by atoms with E-state index in [4.69, 9.17) is 22.1 Å². The van der Waals surface area contributed by atoms with Gasteiger partial charge < -0.3 is 10.5 Å². The van der Waals surface area contributed by atoms with Crippen molar-refractivity contribution in [2.75, 3.05) is 17.7 Å². The number of benzene rings is 1. The molecule has 0 radical (unpaired) electrons. The van der Waals surface area contributed by atoms with Crippen molar-refractivity contribution in [1.29, 1.82) is 0 Å². The standard InChI is InChI=1S/C11H15ClN2O2/c1-7(2)6-16-11(15)14-10-5-8(12)3-4-9(10)13/h3-5,7H,6,13H2,1-2H3,(H,14,15). The zero-order valence-electron chi connectivity index (χ0n) is 9.29. The summed E-state index contributed by atoms with van der Waals surface area (Å²) in [7, 11) is 0. The molecule has 0 aliphatic heterocycles. The van der Waals surface area contributed by atoms with E-state index in [9.17, 15) is 4.79 Å². The lowest BCUT2D eigenvalue weighted by atomic mass is 10.2. The second kappa shape index (κ2) is 5.61. The SMILES string of the molecule is CC(C)COC(=O)Nc1cc(Cl)ccc1N. The molecule has 0 bridgehead atoms. The predicted octanol–water partition coefficient (Wildman–Crippen LogP) is 3.13. The van der Waals surface area contributed by atoms with Crippen molar-refractivity contribution < 1.29 is 9.53 Å². The number of nitrogens with one attached hydrogen (secondary N) is 1. The Kier molecular flexibility index (Phi) is 4.43. The van der Waals surface area contributed by atoms with Gasteiger partial charge in [-0.15, -0.1) is 0 Å². The number of amides is 1. The van der Waals surface area contributed by atoms with Gasteiger partial charge in [-0.25, -0.2) is 4.79 Å². The summed E-state index contributed by atoms with van der Waals surface area (Å²) in [6.45, 7) is 4.29. The van der Waals surface area contributed by atoms with Crippen LogP contribution in [-0.4, -0.2) is 12.7 Å². The maximum Gasteiger partial charge on any atom is 0.411 e. The van der Waals surface area contributed by atoms with Crippen LogP contribution >= 0.6 is 11.6 Å². The Bertz CT molecular complexity index is 380. The summed E-state index contributed by atoms with van der Waals surface area (Å²) in [4.78, 5) is 11.3. The number of ether oxygens (including phenoxy) is 1. The van der Waals surface area contributed by atoms with E-state index in [-0.39, 0.29) is 0 Å². The molecule has 1 amide bonds. The fraction of sp³-hybridized carbons (Fsp3) is 0.364. The molecule has 0 heterocycles. The van der Waals surface area contributed by atoms with Gasteiger partial charge in [-0.1, -0.05) is 25.4 Å². The number of halogens is 1. The lowest BCUT2D eigenvalue weighted by Gasteiger charge is -2.10. The van der Waals surface area contributed by atoms with Crippen LogP contribution in [0.4, 0.5) is 16.2 Å². The van der Waals surface area contributed by atoms with E-state index in [1.165, 1.54) is 0 Å². The van der Waals surface area contributed by atoms with Gasteiger partial charge in [0.05, 0.1) is 18.0 Å². The fourth-order valence-electron chi connectivity index (χ4n) is 1.03. The van der Waals surface area contributed by atoms with Gasteiger partial charge in [-0.3, -0.25) is 5.32 Å². The van der Waals surface area contributed by atoms with Gasteiger partial charge in [0.15, 0.2) is 0 Å². The lowest BCUT2D eigenvalue weighted by molar-refractivity contribution is 0.147. The maximum atomic E-state index is 11.3. The van der Waals surface area contributed by atoms with Crippen LogP contribution in [0.5, 0.6) is 0 Å². The molecular formula is C11H15ClN2O2. The van der Waals surface area contributed by atoms with Gasteiger partial charge in [0.1, 0.15) is 0 Å². The van der Waals surface area contributed by atoms with Gasteiger partial charge >= 0.3 is 6.09 Å². The topological polar surface area (TPSA) is 64.3 Å². The minimum atomic E-state index is -0.525. The molecular weight excluding hydrogens is 228 g/mol. The molecule has 0 aliphatic carbocycles. The van der Waals surface area contributed by atoms with Crippen LogP contribution in [0, 0.1) is 5.92 Å². The smallest absolute Gasteiger partial charge is 0.411 e. The second-order valence-corrected chi connectivity index (χ2v) is 4.29. The van der Waals surface area contributed by atoms with Crippen molar-refractivity contribution in [2.45, 2.75) is 13.8 Å². The Morgan fingerprint density at radius 3 is 2.88 bits per heavy atom. The number of nitrogens with two attached hydrogens (primary N) is 1. The lowest BCUT2D eigenvalue weighted by Crippen LogP contribution is -2.17. The summed E-state index contributed by atoms with van der Waals surface area (Å²) in [5.74, 6) is 0.294. The van der Waals surface area contributed by atoms with Crippen molar-refractivity contribution in [1.82, 2.24) is 0 Å². The van der Waals surface area contributed by atoms with Crippen LogP contribution in [0.2, 0.25) is 5.02 Å². The third-order valence-corrected chi connectivity index (χ3v) is 2.03. The quantitative estimate of drug-likeness (QED) is 0.801. The highest BCUT2D eigenvalue weighted by Gasteiger charge is 2.07. The van der Waals surface area contributed by atoms with Crippen LogP contribution in [0.3, 0.4) is 0 Å². The maximum absolute atomic E-state index is 11.3.